The van der Waals surface area contributed by atoms with Gasteiger partial charge in [-0.3, -0.25) is 14.0 Å². The number of nitrogens with one attached hydrogen (secondary N) is 2. The van der Waals surface area contributed by atoms with Gasteiger partial charge >= 0.3 is 0 Å². The molecule has 0 bridgehead atoms. The molecule has 0 aliphatic heterocycles. The largest absolute Gasteiger partial charge is 0.619 e. The molecule has 0 saturated carbocycles. The Balaban J connectivity index is 1.79. The third-order valence-corrected chi connectivity index (χ3v) is 2.85. The van der Waals surface area contributed by atoms with Crippen LogP contribution in [0.2, 0.25) is 0 Å². The second-order valence-electron chi connectivity index (χ2n) is 4.23. The highest BCUT2D eigenvalue weighted by Crippen LogP contribution is 1.99. The summed E-state index contributed by atoms with van der Waals surface area (Å²) in [6, 6.07) is 3.00. The van der Waals surface area contributed by atoms with Crippen LogP contribution in [0.1, 0.15) is 16.2 Å². The van der Waals surface area contributed by atoms with Gasteiger partial charge in [-0.2, -0.15) is 4.73 Å². The Morgan fingerprint density at radius 2 is 2.33 bits per heavy atom. The summed E-state index contributed by atoms with van der Waals surface area (Å²) >= 11 is 0. The molecule has 0 radical (unpaired) electrons. The zero-order valence-corrected chi connectivity index (χ0v) is 10.7. The Morgan fingerprint density at radius 3 is 3.14 bits per heavy atom. The van der Waals surface area contributed by atoms with Gasteiger partial charge in [-0.1, -0.05) is 0 Å². The van der Waals surface area contributed by atoms with Crippen LogP contribution in [0.25, 0.3) is 5.65 Å². The van der Waals surface area contributed by atoms with E-state index in [1.165, 1.54) is 35.1 Å². The Labute approximate surface area is 117 Å². The average molecular weight is 286 g/mol. The molecule has 3 rings (SSSR count). The number of pyridine rings is 1. The number of rotatable bonds is 3. The summed E-state index contributed by atoms with van der Waals surface area (Å²) in [4.78, 5) is 25.9. The Bertz CT molecular complexity index is 869. The van der Waals surface area contributed by atoms with Crippen LogP contribution in [0, 0.1) is 5.21 Å². The fourth-order valence-corrected chi connectivity index (χ4v) is 1.86. The minimum Gasteiger partial charge on any atom is -0.619 e. The number of fused-ring (bicyclic) bond motifs is 1. The quantitative estimate of drug-likeness (QED) is 0.472. The molecule has 1 amide bonds. The maximum absolute atomic E-state index is 11.9. The number of aromatic amines is 1. The second-order valence-corrected chi connectivity index (χ2v) is 4.23. The van der Waals surface area contributed by atoms with Crippen LogP contribution >= 0.6 is 0 Å². The van der Waals surface area contributed by atoms with Crippen molar-refractivity contribution in [1.82, 2.24) is 24.9 Å². The van der Waals surface area contributed by atoms with Gasteiger partial charge in [0.25, 0.3) is 11.5 Å². The smallest absolute Gasteiger partial charge is 0.293 e. The minimum absolute atomic E-state index is 0.0806. The lowest BCUT2D eigenvalue weighted by molar-refractivity contribution is -0.605. The lowest BCUT2D eigenvalue weighted by Crippen LogP contribution is -2.30. The number of H-pyrrole nitrogens is 1. The average Bonchev–Trinajstić information content (AvgIpc) is 2.89. The van der Waals surface area contributed by atoms with Gasteiger partial charge in [-0.15, -0.1) is 10.2 Å². The number of carbonyl (C=O) groups excluding carboxylic acids is 1. The molecule has 0 spiro atoms. The molecule has 0 aromatic carbocycles. The SMILES string of the molecule is O=C(NCc1nnc2c(=O)[nH]ccn12)c1ccc[n+]([O-])c1. The molecule has 9 nitrogen and oxygen atoms in total. The summed E-state index contributed by atoms with van der Waals surface area (Å²) in [5.74, 6) is -0.00262. The minimum atomic E-state index is -0.415. The van der Waals surface area contributed by atoms with Gasteiger partial charge in [-0.25, -0.2) is 0 Å². The van der Waals surface area contributed by atoms with Crippen LogP contribution in [0.5, 0.6) is 0 Å². The fraction of sp³-hybridized carbons (Fsp3) is 0.0833. The zero-order valence-electron chi connectivity index (χ0n) is 10.7. The molecular weight excluding hydrogens is 276 g/mol. The predicted octanol–water partition coefficient (Wildman–Crippen LogP) is -1.02. The van der Waals surface area contributed by atoms with E-state index in [1.54, 1.807) is 6.20 Å². The summed E-state index contributed by atoms with van der Waals surface area (Å²) in [7, 11) is 0. The molecular formula is C12H10N6O3. The summed E-state index contributed by atoms with van der Waals surface area (Å²) in [6.45, 7) is 0.0806. The zero-order chi connectivity index (χ0) is 14.8. The number of hydrogen-bond acceptors (Lipinski definition) is 5. The highest BCUT2D eigenvalue weighted by molar-refractivity contribution is 5.93. The number of aromatic nitrogens is 5. The Kier molecular flexibility index (Phi) is 3.07. The van der Waals surface area contributed by atoms with E-state index in [0.717, 1.165) is 0 Å². The molecule has 106 valence electrons. The first-order chi connectivity index (χ1) is 10.1. The van der Waals surface area contributed by atoms with Crippen molar-refractivity contribution in [2.75, 3.05) is 0 Å². The van der Waals surface area contributed by atoms with Gasteiger partial charge in [0.1, 0.15) is 5.56 Å². The highest BCUT2D eigenvalue weighted by atomic mass is 16.5. The van der Waals surface area contributed by atoms with Crippen molar-refractivity contribution in [3.8, 4) is 0 Å². The number of amides is 1. The fourth-order valence-electron chi connectivity index (χ4n) is 1.86. The molecule has 3 aromatic heterocycles. The highest BCUT2D eigenvalue weighted by Gasteiger charge is 2.12. The van der Waals surface area contributed by atoms with E-state index in [0.29, 0.717) is 10.6 Å². The van der Waals surface area contributed by atoms with Crippen molar-refractivity contribution >= 4 is 11.6 Å². The van der Waals surface area contributed by atoms with Crippen molar-refractivity contribution < 1.29 is 9.52 Å². The third kappa shape index (κ3) is 2.43. The summed E-state index contributed by atoms with van der Waals surface area (Å²) in [5, 5.41) is 21.3. The molecule has 21 heavy (non-hydrogen) atoms. The van der Waals surface area contributed by atoms with Gasteiger partial charge in [0.05, 0.1) is 6.54 Å². The van der Waals surface area contributed by atoms with Crippen molar-refractivity contribution in [3.63, 3.8) is 0 Å². The van der Waals surface area contributed by atoms with Gasteiger partial charge in [0, 0.05) is 18.5 Å². The van der Waals surface area contributed by atoms with Gasteiger partial charge in [0.2, 0.25) is 5.65 Å². The van der Waals surface area contributed by atoms with Crippen LogP contribution in [0.15, 0.2) is 41.7 Å². The number of hydrogen-bond donors (Lipinski definition) is 2. The van der Waals surface area contributed by atoms with Crippen LogP contribution in [0.3, 0.4) is 0 Å². The summed E-state index contributed by atoms with van der Waals surface area (Å²) in [5.41, 5.74) is 0.0241. The third-order valence-electron chi connectivity index (χ3n) is 2.85. The Morgan fingerprint density at radius 1 is 1.48 bits per heavy atom. The van der Waals surface area contributed by atoms with Crippen LogP contribution < -0.4 is 15.6 Å². The molecule has 3 heterocycles. The van der Waals surface area contributed by atoms with Gasteiger partial charge in [-0.05, 0) is 6.07 Å². The lowest BCUT2D eigenvalue weighted by Gasteiger charge is -2.03. The van der Waals surface area contributed by atoms with Crippen LogP contribution in [0.4, 0.5) is 0 Å². The Hall–Kier alpha value is -3.23. The van der Waals surface area contributed by atoms with E-state index in [-0.39, 0.29) is 23.3 Å². The molecule has 0 fully saturated rings. The first-order valence-electron chi connectivity index (χ1n) is 6.03. The van der Waals surface area contributed by atoms with Crippen molar-refractivity contribution in [2.45, 2.75) is 6.54 Å². The maximum atomic E-state index is 11.9. The first kappa shape index (κ1) is 12.8. The van der Waals surface area contributed by atoms with E-state index >= 15 is 0 Å². The standard InChI is InChI=1S/C12H10N6O3/c19-11(8-2-1-4-17(21)7-8)14-6-9-15-16-10-12(20)13-3-5-18(9)10/h1-5,7H,6H2,(H,13,20)(H,14,19). The van der Waals surface area contributed by atoms with E-state index in [2.05, 4.69) is 20.5 Å². The second kappa shape index (κ2) is 5.04. The van der Waals surface area contributed by atoms with E-state index in [9.17, 15) is 14.8 Å². The number of carbonyl (C=O) groups is 1. The summed E-state index contributed by atoms with van der Waals surface area (Å²) < 4.78 is 2.03. The van der Waals surface area contributed by atoms with Crippen LogP contribution in [-0.2, 0) is 6.54 Å². The van der Waals surface area contributed by atoms with Gasteiger partial charge < -0.3 is 15.5 Å². The van der Waals surface area contributed by atoms with Crippen molar-refractivity contribution in [2.24, 2.45) is 0 Å². The molecule has 3 aromatic rings. The molecule has 0 unspecified atom stereocenters. The molecule has 0 aliphatic rings. The normalized spacial score (nSPS) is 10.7. The van der Waals surface area contributed by atoms with E-state index < -0.39 is 5.91 Å². The van der Waals surface area contributed by atoms with Crippen molar-refractivity contribution in [3.05, 3.63) is 63.9 Å². The predicted molar refractivity (Wildman–Crippen MR) is 70.2 cm³/mol. The van der Waals surface area contributed by atoms with E-state index in [1.807, 2.05) is 0 Å². The first-order valence-corrected chi connectivity index (χ1v) is 6.03. The maximum Gasteiger partial charge on any atom is 0.293 e. The monoisotopic (exact) mass is 286 g/mol. The molecule has 0 saturated heterocycles. The van der Waals surface area contributed by atoms with Crippen molar-refractivity contribution in [1.29, 1.82) is 0 Å². The molecule has 0 atom stereocenters. The molecule has 0 aliphatic carbocycles. The number of nitrogens with zero attached hydrogens (tertiary/aromatic N) is 4. The van der Waals surface area contributed by atoms with Gasteiger partial charge in [0.15, 0.2) is 18.2 Å². The lowest BCUT2D eigenvalue weighted by atomic mass is 10.3. The van der Waals surface area contributed by atoms with Crippen LogP contribution in [-0.4, -0.2) is 25.5 Å². The topological polar surface area (TPSA) is 119 Å². The molecule has 2 N–H and O–H groups in total. The summed E-state index contributed by atoms with van der Waals surface area (Å²) in [6.07, 6.45) is 5.50. The molecule has 9 heteroatoms. The van der Waals surface area contributed by atoms with E-state index in [4.69, 9.17) is 0 Å².